The molecule has 7 heteroatoms. The zero-order valence-corrected chi connectivity index (χ0v) is 17.5. The summed E-state index contributed by atoms with van der Waals surface area (Å²) in [6.45, 7) is 1.42. The summed E-state index contributed by atoms with van der Waals surface area (Å²) < 4.78 is 16.0. The fraction of sp³-hybridized carbons (Fsp3) is 0.360. The highest BCUT2D eigenvalue weighted by Crippen LogP contribution is 2.57. The Hall–Kier alpha value is -3.48. The molecule has 1 heterocycles. The van der Waals surface area contributed by atoms with Gasteiger partial charge in [-0.25, -0.2) is 4.79 Å². The molecule has 5 rings (SSSR count). The summed E-state index contributed by atoms with van der Waals surface area (Å²) in [5.41, 5.74) is 1.61. The van der Waals surface area contributed by atoms with Crippen LogP contribution in [0, 0.1) is 30.6 Å². The number of esters is 3. The number of carbonyl (C=O) groups is 4. The average Bonchev–Trinajstić information content (AvgIpc) is 3.41. The molecular weight excluding hydrogens is 412 g/mol. The molecule has 0 aromatic heterocycles. The van der Waals surface area contributed by atoms with Gasteiger partial charge in [-0.15, -0.1) is 0 Å². The van der Waals surface area contributed by atoms with Gasteiger partial charge >= 0.3 is 17.9 Å². The summed E-state index contributed by atoms with van der Waals surface area (Å²) in [7, 11) is 0. The smallest absolute Gasteiger partial charge is 0.343 e. The van der Waals surface area contributed by atoms with Gasteiger partial charge in [0, 0.05) is 11.5 Å². The quantitative estimate of drug-likeness (QED) is 0.391. The summed E-state index contributed by atoms with van der Waals surface area (Å²) >= 11 is 0. The first-order valence-corrected chi connectivity index (χ1v) is 10.7. The lowest BCUT2D eigenvalue weighted by Crippen LogP contribution is -2.34. The number of fused-ring (bicyclic) bond motifs is 1. The van der Waals surface area contributed by atoms with Gasteiger partial charge in [-0.1, -0.05) is 18.2 Å². The first kappa shape index (κ1) is 20.4. The zero-order valence-electron chi connectivity index (χ0n) is 17.5. The molecule has 3 aliphatic rings. The molecule has 2 aromatic carbocycles. The van der Waals surface area contributed by atoms with Crippen LogP contribution in [0.5, 0.6) is 5.75 Å². The van der Waals surface area contributed by atoms with Crippen LogP contribution < -0.4 is 4.74 Å². The molecule has 1 aliphatic heterocycles. The van der Waals surface area contributed by atoms with Gasteiger partial charge in [-0.2, -0.15) is 0 Å². The van der Waals surface area contributed by atoms with Crippen LogP contribution >= 0.6 is 0 Å². The number of aryl methyl sites for hydroxylation is 1. The third kappa shape index (κ3) is 3.47. The van der Waals surface area contributed by atoms with Crippen LogP contribution in [0.2, 0.25) is 0 Å². The Kier molecular flexibility index (Phi) is 5.04. The van der Waals surface area contributed by atoms with Gasteiger partial charge in [0.2, 0.25) is 0 Å². The fourth-order valence-corrected chi connectivity index (χ4v) is 5.31. The summed E-state index contributed by atoms with van der Waals surface area (Å²) in [5, 5.41) is 0. The van der Waals surface area contributed by atoms with E-state index < -0.39 is 30.4 Å². The van der Waals surface area contributed by atoms with E-state index in [1.54, 1.807) is 12.1 Å². The van der Waals surface area contributed by atoms with E-state index in [0.717, 1.165) is 12.0 Å². The number of hydrogen-bond donors (Lipinski definition) is 0. The molecule has 0 N–H and O–H groups in total. The van der Waals surface area contributed by atoms with Crippen LogP contribution in [-0.2, 0) is 19.1 Å². The largest absolute Gasteiger partial charge is 0.462 e. The topological polar surface area (TPSA) is 96.0 Å². The number of ether oxygens (including phenoxy) is 3. The van der Waals surface area contributed by atoms with Crippen LogP contribution in [0.15, 0.2) is 48.5 Å². The van der Waals surface area contributed by atoms with Gasteiger partial charge in [0.05, 0.1) is 17.4 Å². The maximum Gasteiger partial charge on any atom is 0.343 e. The molecule has 2 aromatic rings. The van der Waals surface area contributed by atoms with E-state index in [1.807, 2.05) is 19.1 Å². The van der Waals surface area contributed by atoms with E-state index in [0.29, 0.717) is 23.3 Å². The maximum atomic E-state index is 12.6. The minimum absolute atomic E-state index is 0.0541. The van der Waals surface area contributed by atoms with Crippen molar-refractivity contribution in [2.45, 2.75) is 25.9 Å². The molecule has 1 saturated heterocycles. The highest BCUT2D eigenvalue weighted by Gasteiger charge is 2.64. The van der Waals surface area contributed by atoms with Gasteiger partial charge in [0.1, 0.15) is 11.9 Å². The minimum atomic E-state index is -0.512. The third-order valence-corrected chi connectivity index (χ3v) is 6.85. The van der Waals surface area contributed by atoms with Crippen LogP contribution in [0.1, 0.15) is 39.1 Å². The van der Waals surface area contributed by atoms with Crippen molar-refractivity contribution in [3.63, 3.8) is 0 Å². The lowest BCUT2D eigenvalue weighted by molar-refractivity contribution is -0.154. The monoisotopic (exact) mass is 434 g/mol. The molecule has 32 heavy (non-hydrogen) atoms. The normalized spacial score (nSPS) is 27.2. The predicted molar refractivity (Wildman–Crippen MR) is 111 cm³/mol. The maximum absolute atomic E-state index is 12.6. The van der Waals surface area contributed by atoms with Crippen molar-refractivity contribution < 1.29 is 33.4 Å². The summed E-state index contributed by atoms with van der Waals surface area (Å²) in [4.78, 5) is 49.4. The van der Waals surface area contributed by atoms with E-state index in [-0.39, 0.29) is 29.7 Å². The highest BCUT2D eigenvalue weighted by molar-refractivity contribution is 5.98. The Labute approximate surface area is 184 Å². The standard InChI is InChI=1S/C25H22O7/c1-13-4-2-3-5-17(13)23(27)31-16-8-6-14(7-9-16)19(26)12-30-24(28)21-15-10-18-20(11-15)32-25(29)22(18)21/h2-9,15,18,20-22H,10-12H2,1H3/t15-,18+,20-,21-,22+/m1/s1. The molecule has 0 spiro atoms. The van der Waals surface area contributed by atoms with E-state index in [2.05, 4.69) is 0 Å². The van der Waals surface area contributed by atoms with E-state index in [1.165, 1.54) is 24.3 Å². The van der Waals surface area contributed by atoms with E-state index in [4.69, 9.17) is 14.2 Å². The Morgan fingerprint density at radius 1 is 1.03 bits per heavy atom. The molecule has 7 nitrogen and oxygen atoms in total. The number of rotatable bonds is 6. The van der Waals surface area contributed by atoms with Gasteiger partial charge in [0.15, 0.2) is 12.4 Å². The van der Waals surface area contributed by atoms with Gasteiger partial charge in [-0.05, 0) is 61.6 Å². The van der Waals surface area contributed by atoms with E-state index in [9.17, 15) is 19.2 Å². The molecule has 0 radical (unpaired) electrons. The first-order valence-electron chi connectivity index (χ1n) is 10.7. The molecule has 0 amide bonds. The lowest BCUT2D eigenvalue weighted by Gasteiger charge is -2.22. The fourth-order valence-electron chi connectivity index (χ4n) is 5.31. The molecule has 5 atom stereocenters. The highest BCUT2D eigenvalue weighted by atomic mass is 16.6. The van der Waals surface area contributed by atoms with Gasteiger partial charge < -0.3 is 14.2 Å². The van der Waals surface area contributed by atoms with Crippen molar-refractivity contribution >= 4 is 23.7 Å². The molecule has 2 bridgehead atoms. The summed E-state index contributed by atoms with van der Waals surface area (Å²) in [6.07, 6.45) is 1.45. The Balaban J connectivity index is 1.17. The second kappa shape index (κ2) is 7.89. The van der Waals surface area contributed by atoms with Crippen LogP contribution in [0.25, 0.3) is 0 Å². The van der Waals surface area contributed by atoms with Crippen LogP contribution in [-0.4, -0.2) is 36.4 Å². The SMILES string of the molecule is Cc1ccccc1C(=O)Oc1ccc(C(=O)COC(=O)[C@@H]2[C@@H]3C[C@@H]4[C@@H]2C(=O)O[C@@H]4C3)cc1. The van der Waals surface area contributed by atoms with Crippen molar-refractivity contribution in [1.29, 1.82) is 0 Å². The predicted octanol–water partition coefficient (Wildman–Crippen LogP) is 3.14. The van der Waals surface area contributed by atoms with Crippen LogP contribution in [0.4, 0.5) is 0 Å². The van der Waals surface area contributed by atoms with Gasteiger partial charge in [0.25, 0.3) is 0 Å². The number of hydrogen-bond acceptors (Lipinski definition) is 7. The molecule has 3 fully saturated rings. The molecule has 164 valence electrons. The molecule has 0 unspecified atom stereocenters. The van der Waals surface area contributed by atoms with Crippen molar-refractivity contribution in [2.24, 2.45) is 23.7 Å². The van der Waals surface area contributed by atoms with E-state index >= 15 is 0 Å². The first-order chi connectivity index (χ1) is 15.4. The van der Waals surface area contributed by atoms with Crippen molar-refractivity contribution in [2.75, 3.05) is 6.61 Å². The summed E-state index contributed by atoms with van der Waals surface area (Å²) in [5.74, 6) is -2.10. The lowest BCUT2D eigenvalue weighted by atomic mass is 9.80. The second-order valence-electron chi connectivity index (χ2n) is 8.68. The number of carbonyl (C=O) groups excluding carboxylic acids is 4. The average molecular weight is 434 g/mol. The van der Waals surface area contributed by atoms with Crippen molar-refractivity contribution in [1.82, 2.24) is 0 Å². The zero-order chi connectivity index (χ0) is 22.4. The molecule has 2 aliphatic carbocycles. The molecular formula is C25H22O7. The van der Waals surface area contributed by atoms with Crippen molar-refractivity contribution in [3.05, 3.63) is 65.2 Å². The summed E-state index contributed by atoms with van der Waals surface area (Å²) in [6, 6.07) is 13.2. The van der Waals surface area contributed by atoms with Crippen LogP contribution in [0.3, 0.4) is 0 Å². The second-order valence-corrected chi connectivity index (χ2v) is 8.68. The number of benzene rings is 2. The number of ketones is 1. The number of Topliss-reactive ketones (excluding diaryl/α,β-unsaturated/α-hetero) is 1. The third-order valence-electron chi connectivity index (χ3n) is 6.85. The molecule has 2 saturated carbocycles. The van der Waals surface area contributed by atoms with Gasteiger partial charge in [-0.3, -0.25) is 14.4 Å². The Morgan fingerprint density at radius 2 is 1.78 bits per heavy atom. The Bertz CT molecular complexity index is 1100. The minimum Gasteiger partial charge on any atom is -0.462 e. The van der Waals surface area contributed by atoms with Crippen molar-refractivity contribution in [3.8, 4) is 5.75 Å². The Morgan fingerprint density at radius 3 is 2.53 bits per heavy atom.